The lowest BCUT2D eigenvalue weighted by Gasteiger charge is -2.18. The van der Waals surface area contributed by atoms with Gasteiger partial charge in [-0.25, -0.2) is 0 Å². The number of ether oxygens (including phenoxy) is 1. The SMILES string of the molecule is COc1cc(N(C)Cc2cccnc2)nc(N)n1. The zero-order valence-electron chi connectivity index (χ0n) is 10.4. The van der Waals surface area contributed by atoms with Gasteiger partial charge in [-0.2, -0.15) is 9.97 Å². The highest BCUT2D eigenvalue weighted by molar-refractivity contribution is 5.45. The Bertz CT molecular complexity index is 517. The van der Waals surface area contributed by atoms with E-state index in [1.165, 1.54) is 0 Å². The second-order valence-corrected chi connectivity index (χ2v) is 3.84. The molecule has 0 aliphatic carbocycles. The van der Waals surface area contributed by atoms with Crippen molar-refractivity contribution in [2.24, 2.45) is 0 Å². The van der Waals surface area contributed by atoms with E-state index in [1.807, 2.05) is 30.3 Å². The lowest BCUT2D eigenvalue weighted by Crippen LogP contribution is -2.18. The summed E-state index contributed by atoms with van der Waals surface area (Å²) in [5, 5.41) is 0. The molecule has 94 valence electrons. The van der Waals surface area contributed by atoms with E-state index in [0.29, 0.717) is 18.2 Å². The van der Waals surface area contributed by atoms with Crippen LogP contribution in [0.1, 0.15) is 5.56 Å². The maximum atomic E-state index is 5.62. The van der Waals surface area contributed by atoms with Crippen molar-refractivity contribution >= 4 is 11.8 Å². The van der Waals surface area contributed by atoms with E-state index in [0.717, 1.165) is 5.56 Å². The Balaban J connectivity index is 2.18. The number of aromatic nitrogens is 3. The van der Waals surface area contributed by atoms with Gasteiger partial charge in [0.2, 0.25) is 11.8 Å². The average Bonchev–Trinajstić information content (AvgIpc) is 2.39. The van der Waals surface area contributed by atoms with Crippen molar-refractivity contribution in [3.63, 3.8) is 0 Å². The van der Waals surface area contributed by atoms with Gasteiger partial charge in [-0.15, -0.1) is 0 Å². The molecule has 6 nitrogen and oxygen atoms in total. The fourth-order valence-corrected chi connectivity index (χ4v) is 1.58. The Hall–Kier alpha value is -2.37. The average molecular weight is 245 g/mol. The van der Waals surface area contributed by atoms with Crippen molar-refractivity contribution in [3.8, 4) is 5.88 Å². The molecule has 2 aromatic heterocycles. The van der Waals surface area contributed by atoms with Crippen LogP contribution in [-0.2, 0) is 6.54 Å². The number of nitrogens with two attached hydrogens (primary N) is 1. The molecule has 0 unspecified atom stereocenters. The standard InChI is InChI=1S/C12H15N5O/c1-17(8-9-4-3-5-14-7-9)10-6-11(18-2)16-12(13)15-10/h3-7H,8H2,1-2H3,(H2,13,15,16). The summed E-state index contributed by atoms with van der Waals surface area (Å²) in [5.74, 6) is 1.36. The molecule has 18 heavy (non-hydrogen) atoms. The Kier molecular flexibility index (Phi) is 3.57. The maximum Gasteiger partial charge on any atom is 0.225 e. The first-order chi connectivity index (χ1) is 8.69. The van der Waals surface area contributed by atoms with Gasteiger partial charge in [-0.05, 0) is 11.6 Å². The van der Waals surface area contributed by atoms with Crippen molar-refractivity contribution in [2.75, 3.05) is 24.8 Å². The summed E-state index contributed by atoms with van der Waals surface area (Å²) in [4.78, 5) is 14.1. The Morgan fingerprint density at radius 2 is 2.22 bits per heavy atom. The molecule has 0 aliphatic rings. The van der Waals surface area contributed by atoms with Crippen LogP contribution in [0, 0.1) is 0 Å². The van der Waals surface area contributed by atoms with Crippen LogP contribution in [0.2, 0.25) is 0 Å². The first-order valence-corrected chi connectivity index (χ1v) is 5.47. The van der Waals surface area contributed by atoms with E-state index in [2.05, 4.69) is 15.0 Å². The first kappa shape index (κ1) is 12.1. The van der Waals surface area contributed by atoms with E-state index >= 15 is 0 Å². The molecule has 0 radical (unpaired) electrons. The molecular weight excluding hydrogens is 230 g/mol. The fourth-order valence-electron chi connectivity index (χ4n) is 1.58. The van der Waals surface area contributed by atoms with Gasteiger partial charge in [0.15, 0.2) is 0 Å². The highest BCUT2D eigenvalue weighted by atomic mass is 16.5. The molecule has 0 atom stereocenters. The van der Waals surface area contributed by atoms with Crippen LogP contribution in [0.5, 0.6) is 5.88 Å². The zero-order chi connectivity index (χ0) is 13.0. The van der Waals surface area contributed by atoms with Crippen molar-refractivity contribution < 1.29 is 4.74 Å². The van der Waals surface area contributed by atoms with Gasteiger partial charge >= 0.3 is 0 Å². The van der Waals surface area contributed by atoms with Gasteiger partial charge < -0.3 is 15.4 Å². The molecule has 6 heteroatoms. The highest BCUT2D eigenvalue weighted by Gasteiger charge is 2.07. The van der Waals surface area contributed by atoms with Gasteiger partial charge in [-0.3, -0.25) is 4.98 Å². The van der Waals surface area contributed by atoms with Gasteiger partial charge in [0.25, 0.3) is 0 Å². The molecule has 0 bridgehead atoms. The molecule has 0 amide bonds. The summed E-state index contributed by atoms with van der Waals surface area (Å²) >= 11 is 0. The van der Waals surface area contributed by atoms with Gasteiger partial charge in [-0.1, -0.05) is 6.07 Å². The number of pyridine rings is 1. The van der Waals surface area contributed by atoms with Crippen LogP contribution in [0.15, 0.2) is 30.6 Å². The fraction of sp³-hybridized carbons (Fsp3) is 0.250. The number of rotatable bonds is 4. The quantitative estimate of drug-likeness (QED) is 0.869. The van der Waals surface area contributed by atoms with E-state index in [9.17, 15) is 0 Å². The zero-order valence-corrected chi connectivity index (χ0v) is 10.4. The molecule has 0 fully saturated rings. The molecule has 0 aliphatic heterocycles. The van der Waals surface area contributed by atoms with Crippen LogP contribution in [-0.4, -0.2) is 29.1 Å². The minimum atomic E-state index is 0.197. The van der Waals surface area contributed by atoms with Crippen LogP contribution < -0.4 is 15.4 Å². The largest absolute Gasteiger partial charge is 0.481 e. The summed E-state index contributed by atoms with van der Waals surface area (Å²) < 4.78 is 5.07. The second-order valence-electron chi connectivity index (χ2n) is 3.84. The number of anilines is 2. The maximum absolute atomic E-state index is 5.62. The predicted molar refractivity (Wildman–Crippen MR) is 69.3 cm³/mol. The molecule has 0 saturated heterocycles. The van der Waals surface area contributed by atoms with Crippen molar-refractivity contribution in [1.82, 2.24) is 15.0 Å². The van der Waals surface area contributed by atoms with E-state index in [1.54, 1.807) is 19.4 Å². The normalized spacial score (nSPS) is 10.1. The summed E-state index contributed by atoms with van der Waals surface area (Å²) in [6, 6.07) is 5.65. The van der Waals surface area contributed by atoms with Crippen LogP contribution >= 0.6 is 0 Å². The molecular formula is C12H15N5O. The second kappa shape index (κ2) is 5.31. The Labute approximate surface area is 105 Å². The molecule has 0 spiro atoms. The lowest BCUT2D eigenvalue weighted by molar-refractivity contribution is 0.397. The Morgan fingerprint density at radius 1 is 1.39 bits per heavy atom. The van der Waals surface area contributed by atoms with E-state index < -0.39 is 0 Å². The smallest absolute Gasteiger partial charge is 0.225 e. The third-order valence-corrected chi connectivity index (χ3v) is 2.45. The molecule has 2 rings (SSSR count). The van der Waals surface area contributed by atoms with Crippen LogP contribution in [0.4, 0.5) is 11.8 Å². The minimum Gasteiger partial charge on any atom is -0.481 e. The van der Waals surface area contributed by atoms with Crippen molar-refractivity contribution in [2.45, 2.75) is 6.54 Å². The predicted octanol–water partition coefficient (Wildman–Crippen LogP) is 1.10. The lowest BCUT2D eigenvalue weighted by atomic mass is 10.3. The third-order valence-electron chi connectivity index (χ3n) is 2.45. The van der Waals surface area contributed by atoms with Crippen LogP contribution in [0.25, 0.3) is 0 Å². The number of nitrogens with zero attached hydrogens (tertiary/aromatic N) is 4. The minimum absolute atomic E-state index is 0.197. The summed E-state index contributed by atoms with van der Waals surface area (Å²) in [6.07, 6.45) is 3.56. The topological polar surface area (TPSA) is 77.2 Å². The van der Waals surface area contributed by atoms with Crippen LogP contribution in [0.3, 0.4) is 0 Å². The molecule has 2 heterocycles. The number of nitrogen functional groups attached to an aromatic ring is 1. The Morgan fingerprint density at radius 3 is 2.89 bits per heavy atom. The molecule has 2 N–H and O–H groups in total. The molecule has 0 aromatic carbocycles. The number of hydrogen-bond donors (Lipinski definition) is 1. The van der Waals surface area contributed by atoms with Crippen molar-refractivity contribution in [3.05, 3.63) is 36.2 Å². The number of methoxy groups -OCH3 is 1. The van der Waals surface area contributed by atoms with Gasteiger partial charge in [0, 0.05) is 32.1 Å². The molecule has 0 saturated carbocycles. The van der Waals surface area contributed by atoms with Gasteiger partial charge in [0.1, 0.15) is 5.82 Å². The summed E-state index contributed by atoms with van der Waals surface area (Å²) in [6.45, 7) is 0.688. The summed E-state index contributed by atoms with van der Waals surface area (Å²) in [7, 11) is 3.47. The highest BCUT2D eigenvalue weighted by Crippen LogP contribution is 2.18. The van der Waals surface area contributed by atoms with Gasteiger partial charge in [0.05, 0.1) is 7.11 Å². The monoisotopic (exact) mass is 245 g/mol. The summed E-state index contributed by atoms with van der Waals surface area (Å²) in [5.41, 5.74) is 6.72. The number of hydrogen-bond acceptors (Lipinski definition) is 6. The van der Waals surface area contributed by atoms with Crippen molar-refractivity contribution in [1.29, 1.82) is 0 Å². The third kappa shape index (κ3) is 2.85. The van der Waals surface area contributed by atoms with E-state index in [4.69, 9.17) is 10.5 Å². The molecule has 2 aromatic rings. The first-order valence-electron chi connectivity index (χ1n) is 5.47. The van der Waals surface area contributed by atoms with E-state index in [-0.39, 0.29) is 5.95 Å².